The van der Waals surface area contributed by atoms with Crippen molar-refractivity contribution in [3.05, 3.63) is 46.0 Å². The summed E-state index contributed by atoms with van der Waals surface area (Å²) in [7, 11) is 1.69. The summed E-state index contributed by atoms with van der Waals surface area (Å²) in [6.45, 7) is 2.05. The molecule has 1 aliphatic rings. The molecule has 0 radical (unpaired) electrons. The summed E-state index contributed by atoms with van der Waals surface area (Å²) in [6.07, 6.45) is -2.08. The van der Waals surface area contributed by atoms with E-state index in [4.69, 9.17) is 0 Å². The Morgan fingerprint density at radius 1 is 1.28 bits per heavy atom. The molecule has 1 fully saturated rings. The second kappa shape index (κ2) is 6.78. The van der Waals surface area contributed by atoms with Crippen LogP contribution >= 0.6 is 0 Å². The van der Waals surface area contributed by atoms with Crippen LogP contribution in [0.1, 0.15) is 37.1 Å². The molecule has 0 N–H and O–H groups in total. The highest BCUT2D eigenvalue weighted by Crippen LogP contribution is 2.39. The van der Waals surface area contributed by atoms with Crippen LogP contribution in [0.25, 0.3) is 5.65 Å². The molecule has 0 spiro atoms. The standard InChI is InChI=1S/C18H22F3N3O/c1-12-6-5-9-16-22-13(10-17(25)24(12)16)11-23(2)15-8-4-3-7-14(15)18(19,20)21/h5-6,9-10,14-15H,3-4,7-8,11H2,1-2H3/t14-,15+/m1/s1. The van der Waals surface area contributed by atoms with E-state index in [0.717, 1.165) is 12.1 Å². The minimum atomic E-state index is -4.19. The zero-order valence-electron chi connectivity index (χ0n) is 14.4. The van der Waals surface area contributed by atoms with Gasteiger partial charge in [0.05, 0.1) is 11.6 Å². The lowest BCUT2D eigenvalue weighted by Crippen LogP contribution is -2.46. The van der Waals surface area contributed by atoms with Crippen LogP contribution in [0.2, 0.25) is 0 Å². The van der Waals surface area contributed by atoms with Gasteiger partial charge < -0.3 is 0 Å². The maximum absolute atomic E-state index is 13.3. The number of nitrogens with zero attached hydrogens (tertiary/aromatic N) is 3. The summed E-state index contributed by atoms with van der Waals surface area (Å²) in [4.78, 5) is 18.5. The Kier molecular flexibility index (Phi) is 4.86. The molecular weight excluding hydrogens is 331 g/mol. The van der Waals surface area contributed by atoms with Gasteiger partial charge in [-0.1, -0.05) is 18.9 Å². The molecule has 0 saturated heterocycles. The van der Waals surface area contributed by atoms with E-state index in [1.165, 1.54) is 10.5 Å². The molecule has 7 heteroatoms. The summed E-state index contributed by atoms with van der Waals surface area (Å²) in [6, 6.07) is 6.22. The number of pyridine rings is 1. The van der Waals surface area contributed by atoms with Gasteiger partial charge in [0.1, 0.15) is 5.65 Å². The van der Waals surface area contributed by atoms with Crippen LogP contribution in [-0.4, -0.2) is 33.6 Å². The van der Waals surface area contributed by atoms with Crippen LogP contribution in [0.5, 0.6) is 0 Å². The third-order valence-corrected chi connectivity index (χ3v) is 5.06. The zero-order chi connectivity index (χ0) is 18.2. The number of rotatable bonds is 3. The molecule has 0 aliphatic heterocycles. The average Bonchev–Trinajstić information content (AvgIpc) is 2.53. The van der Waals surface area contributed by atoms with Crippen molar-refractivity contribution in [1.29, 1.82) is 0 Å². The highest BCUT2D eigenvalue weighted by molar-refractivity contribution is 5.40. The van der Waals surface area contributed by atoms with Crippen molar-refractivity contribution in [2.75, 3.05) is 7.05 Å². The molecule has 1 aliphatic carbocycles. The minimum absolute atomic E-state index is 0.172. The SMILES string of the molecule is Cc1cccc2nc(CN(C)[C@H]3CCCC[C@H]3C(F)(F)F)cc(=O)n12. The van der Waals surface area contributed by atoms with Gasteiger partial charge in [0, 0.05) is 24.3 Å². The van der Waals surface area contributed by atoms with Gasteiger partial charge in [-0.25, -0.2) is 4.98 Å². The van der Waals surface area contributed by atoms with Gasteiger partial charge in [-0.15, -0.1) is 0 Å². The van der Waals surface area contributed by atoms with Crippen molar-refractivity contribution < 1.29 is 13.2 Å². The Labute approximate surface area is 144 Å². The largest absolute Gasteiger partial charge is 0.393 e. The van der Waals surface area contributed by atoms with Crippen LogP contribution in [0.3, 0.4) is 0 Å². The summed E-state index contributed by atoms with van der Waals surface area (Å²) in [5, 5.41) is 0. The Morgan fingerprint density at radius 3 is 2.72 bits per heavy atom. The average molecular weight is 353 g/mol. The third-order valence-electron chi connectivity index (χ3n) is 5.06. The lowest BCUT2D eigenvalue weighted by atomic mass is 9.83. The Balaban J connectivity index is 1.86. The van der Waals surface area contributed by atoms with Crippen molar-refractivity contribution in [3.63, 3.8) is 0 Å². The fraction of sp³-hybridized carbons (Fsp3) is 0.556. The van der Waals surface area contributed by atoms with Crippen molar-refractivity contribution in [2.45, 2.75) is 51.4 Å². The van der Waals surface area contributed by atoms with E-state index >= 15 is 0 Å². The molecule has 1 saturated carbocycles. The number of hydrogen-bond donors (Lipinski definition) is 0. The van der Waals surface area contributed by atoms with Crippen molar-refractivity contribution in [3.8, 4) is 0 Å². The van der Waals surface area contributed by atoms with E-state index in [0.29, 0.717) is 24.2 Å². The number of hydrogen-bond acceptors (Lipinski definition) is 3. The molecule has 0 bridgehead atoms. The van der Waals surface area contributed by atoms with Gasteiger partial charge >= 0.3 is 6.18 Å². The van der Waals surface area contributed by atoms with Crippen molar-refractivity contribution in [1.82, 2.24) is 14.3 Å². The monoisotopic (exact) mass is 353 g/mol. The van der Waals surface area contributed by atoms with Gasteiger partial charge in [-0.3, -0.25) is 14.1 Å². The Bertz CT molecular complexity index is 815. The minimum Gasteiger partial charge on any atom is -0.297 e. The predicted octanol–water partition coefficient (Wildman–Crippen LogP) is 3.56. The summed E-state index contributed by atoms with van der Waals surface area (Å²) in [5.41, 5.74) is 1.60. The van der Waals surface area contributed by atoms with Crippen LogP contribution in [-0.2, 0) is 6.54 Å². The van der Waals surface area contributed by atoms with E-state index < -0.39 is 18.1 Å². The summed E-state index contributed by atoms with van der Waals surface area (Å²) < 4.78 is 41.4. The molecule has 3 rings (SSSR count). The summed E-state index contributed by atoms with van der Waals surface area (Å²) in [5.74, 6) is -1.31. The fourth-order valence-electron chi connectivity index (χ4n) is 3.84. The lowest BCUT2D eigenvalue weighted by molar-refractivity contribution is -0.198. The van der Waals surface area contributed by atoms with E-state index in [-0.39, 0.29) is 18.5 Å². The molecule has 0 aromatic carbocycles. The summed E-state index contributed by atoms with van der Waals surface area (Å²) >= 11 is 0. The first-order chi connectivity index (χ1) is 11.8. The smallest absolute Gasteiger partial charge is 0.297 e. The van der Waals surface area contributed by atoms with Crippen LogP contribution in [0.15, 0.2) is 29.1 Å². The third kappa shape index (κ3) is 3.71. The quantitative estimate of drug-likeness (QED) is 0.847. The normalized spacial score (nSPS) is 21.8. The molecule has 2 aromatic heterocycles. The number of alkyl halides is 3. The maximum atomic E-state index is 13.3. The first-order valence-electron chi connectivity index (χ1n) is 8.52. The molecule has 0 amide bonds. The number of aromatic nitrogens is 2. The van der Waals surface area contributed by atoms with Crippen LogP contribution in [0.4, 0.5) is 13.2 Å². The first kappa shape index (κ1) is 17.9. The second-order valence-corrected chi connectivity index (χ2v) is 6.86. The molecule has 0 unspecified atom stereocenters. The van der Waals surface area contributed by atoms with Crippen LogP contribution < -0.4 is 5.56 Å². The van der Waals surface area contributed by atoms with Gasteiger partial charge in [-0.2, -0.15) is 13.2 Å². The molecular formula is C18H22F3N3O. The Hall–Kier alpha value is -1.89. The highest BCUT2D eigenvalue weighted by Gasteiger charge is 2.46. The van der Waals surface area contributed by atoms with Gasteiger partial charge in [0.25, 0.3) is 5.56 Å². The zero-order valence-corrected chi connectivity index (χ0v) is 14.4. The van der Waals surface area contributed by atoms with Gasteiger partial charge in [-0.05, 0) is 38.9 Å². The van der Waals surface area contributed by atoms with Crippen molar-refractivity contribution >= 4 is 5.65 Å². The molecule has 2 heterocycles. The van der Waals surface area contributed by atoms with E-state index in [2.05, 4.69) is 4.98 Å². The Morgan fingerprint density at radius 2 is 2.00 bits per heavy atom. The lowest BCUT2D eigenvalue weighted by Gasteiger charge is -2.38. The second-order valence-electron chi connectivity index (χ2n) is 6.86. The van der Waals surface area contributed by atoms with E-state index in [1.807, 2.05) is 19.1 Å². The highest BCUT2D eigenvalue weighted by atomic mass is 19.4. The van der Waals surface area contributed by atoms with E-state index in [9.17, 15) is 18.0 Å². The predicted molar refractivity (Wildman–Crippen MR) is 89.5 cm³/mol. The number of fused-ring (bicyclic) bond motifs is 1. The molecule has 4 nitrogen and oxygen atoms in total. The molecule has 2 aromatic rings. The van der Waals surface area contributed by atoms with Crippen molar-refractivity contribution in [2.24, 2.45) is 5.92 Å². The van der Waals surface area contributed by atoms with E-state index in [1.54, 1.807) is 18.0 Å². The molecule has 2 atom stereocenters. The molecule has 136 valence electrons. The van der Waals surface area contributed by atoms with Gasteiger partial charge in [0.2, 0.25) is 0 Å². The molecule has 25 heavy (non-hydrogen) atoms. The fourth-order valence-corrected chi connectivity index (χ4v) is 3.84. The van der Waals surface area contributed by atoms with Gasteiger partial charge in [0.15, 0.2) is 0 Å². The topological polar surface area (TPSA) is 37.6 Å². The maximum Gasteiger partial charge on any atom is 0.393 e. The number of halogens is 3. The number of aryl methyl sites for hydroxylation is 1. The van der Waals surface area contributed by atoms with Crippen LogP contribution in [0, 0.1) is 12.8 Å². The first-order valence-corrected chi connectivity index (χ1v) is 8.52.